The topological polar surface area (TPSA) is 189 Å². The van der Waals surface area contributed by atoms with Gasteiger partial charge in [-0.05, 0) is 57.8 Å². The molecule has 1 aliphatic heterocycles. The van der Waals surface area contributed by atoms with E-state index in [9.17, 15) is 40.5 Å². The number of unbranched alkanes of at least 4 members (excludes halogenated alkanes) is 16. The average molecular weight is 770 g/mol. The Morgan fingerprint density at radius 3 is 1.67 bits per heavy atom. The molecular weight excluding hydrogens is 690 g/mol. The van der Waals surface area contributed by atoms with Crippen LogP contribution in [0.15, 0.2) is 36.5 Å². The van der Waals surface area contributed by atoms with Crippen LogP contribution in [0, 0.1) is 0 Å². The van der Waals surface area contributed by atoms with Crippen molar-refractivity contribution in [2.45, 2.75) is 217 Å². The molecule has 11 heteroatoms. The fourth-order valence-corrected chi connectivity index (χ4v) is 6.60. The highest BCUT2D eigenvalue weighted by atomic mass is 16.7. The molecule has 11 nitrogen and oxygen atoms in total. The number of nitrogens with one attached hydrogen (secondary N) is 1. The van der Waals surface area contributed by atoms with E-state index in [1.165, 1.54) is 64.2 Å². The van der Waals surface area contributed by atoms with Crippen LogP contribution in [-0.2, 0) is 14.3 Å². The van der Waals surface area contributed by atoms with Gasteiger partial charge in [0.1, 0.15) is 36.6 Å². The number of ether oxygens (including phenoxy) is 2. The van der Waals surface area contributed by atoms with E-state index in [2.05, 4.69) is 49.5 Å². The van der Waals surface area contributed by atoms with Crippen molar-refractivity contribution in [2.24, 2.45) is 0 Å². The maximum Gasteiger partial charge on any atom is 0.249 e. The third-order valence-corrected chi connectivity index (χ3v) is 10.2. The first-order chi connectivity index (χ1) is 26.2. The van der Waals surface area contributed by atoms with E-state index in [0.717, 1.165) is 51.4 Å². The zero-order valence-corrected chi connectivity index (χ0v) is 33.7. The fraction of sp³-hybridized carbons (Fsp3) is 0.837. The fourth-order valence-electron chi connectivity index (χ4n) is 6.60. The Bertz CT molecular complexity index is 976. The molecule has 1 aliphatic rings. The molecule has 0 radical (unpaired) electrons. The largest absolute Gasteiger partial charge is 0.394 e. The molecule has 1 amide bonds. The minimum absolute atomic E-state index is 0.241. The van der Waals surface area contributed by atoms with Crippen molar-refractivity contribution in [3.05, 3.63) is 36.5 Å². The Labute approximate surface area is 326 Å². The quantitative estimate of drug-likeness (QED) is 0.0283. The van der Waals surface area contributed by atoms with Crippen LogP contribution in [0.2, 0.25) is 0 Å². The molecule has 0 aromatic rings. The number of amides is 1. The third-order valence-electron chi connectivity index (χ3n) is 10.2. The monoisotopic (exact) mass is 770 g/mol. The molecule has 0 aliphatic carbocycles. The molecular formula is C43H79NO10. The van der Waals surface area contributed by atoms with Gasteiger partial charge in [0.05, 0.1) is 25.4 Å². The number of carbonyl (C=O) groups is 1. The summed E-state index contributed by atoms with van der Waals surface area (Å²) in [4.78, 5) is 13.0. The maximum atomic E-state index is 13.0. The molecule has 9 atom stereocenters. The van der Waals surface area contributed by atoms with E-state index in [1.54, 1.807) is 0 Å². The zero-order chi connectivity index (χ0) is 39.8. The predicted octanol–water partition coefficient (Wildman–Crippen LogP) is 6.05. The summed E-state index contributed by atoms with van der Waals surface area (Å²) in [5.74, 6) is -0.715. The second-order valence-corrected chi connectivity index (χ2v) is 15.0. The summed E-state index contributed by atoms with van der Waals surface area (Å²) in [5.41, 5.74) is 0. The molecule has 0 saturated carbocycles. The summed E-state index contributed by atoms with van der Waals surface area (Å²) in [7, 11) is 0. The van der Waals surface area contributed by atoms with Crippen LogP contribution in [0.3, 0.4) is 0 Å². The summed E-state index contributed by atoms with van der Waals surface area (Å²) in [6.07, 6.45) is 24.9. The highest BCUT2D eigenvalue weighted by Gasteiger charge is 2.44. The van der Waals surface area contributed by atoms with Gasteiger partial charge in [-0.25, -0.2) is 0 Å². The number of rotatable bonds is 34. The zero-order valence-electron chi connectivity index (χ0n) is 33.7. The molecule has 1 rings (SSSR count). The normalized spacial score (nSPS) is 23.0. The number of carbonyl (C=O) groups excluding carboxylic acids is 1. The Morgan fingerprint density at radius 2 is 1.15 bits per heavy atom. The standard InChI is InChI=1S/C43H79NO10/c1-3-5-7-9-11-13-15-17-19-21-23-25-27-29-31-36(47)42(52)44-34(33-53-43-41(51)40(50)39(49)37(32-45)54-43)38(48)35(46)30-28-26-24-22-20-18-16-14-12-10-8-6-4-2/h6,8,14,16,22,24,34-41,43,45-51H,3-5,7,9-13,15,17-21,23,25-33H2,1-2H3,(H,44,52)/b8-6+,16-14+,24-22+. The van der Waals surface area contributed by atoms with Crippen LogP contribution >= 0.6 is 0 Å². The van der Waals surface area contributed by atoms with Gasteiger partial charge in [-0.3, -0.25) is 4.79 Å². The van der Waals surface area contributed by atoms with Gasteiger partial charge in [0.25, 0.3) is 0 Å². The first kappa shape index (κ1) is 50.3. The Kier molecular flexibility index (Phi) is 31.2. The van der Waals surface area contributed by atoms with Crippen LogP contribution in [-0.4, -0.2) is 110 Å². The smallest absolute Gasteiger partial charge is 0.249 e. The number of aliphatic hydroxyl groups is 7. The number of allylic oxidation sites excluding steroid dienone is 6. The predicted molar refractivity (Wildman–Crippen MR) is 215 cm³/mol. The van der Waals surface area contributed by atoms with Crippen molar-refractivity contribution in [3.8, 4) is 0 Å². The van der Waals surface area contributed by atoms with Gasteiger partial charge in [0, 0.05) is 0 Å². The van der Waals surface area contributed by atoms with E-state index >= 15 is 0 Å². The van der Waals surface area contributed by atoms with Gasteiger partial charge < -0.3 is 50.5 Å². The Morgan fingerprint density at radius 1 is 0.648 bits per heavy atom. The van der Waals surface area contributed by atoms with Crippen molar-refractivity contribution in [1.29, 1.82) is 0 Å². The van der Waals surface area contributed by atoms with Crippen LogP contribution in [0.5, 0.6) is 0 Å². The molecule has 1 saturated heterocycles. The summed E-state index contributed by atoms with van der Waals surface area (Å²) in [6, 6.07) is -1.19. The van der Waals surface area contributed by atoms with Crippen LogP contribution in [0.4, 0.5) is 0 Å². The van der Waals surface area contributed by atoms with Gasteiger partial charge in [-0.15, -0.1) is 0 Å². The van der Waals surface area contributed by atoms with E-state index in [4.69, 9.17) is 9.47 Å². The Balaban J connectivity index is 2.54. The lowest BCUT2D eigenvalue weighted by molar-refractivity contribution is -0.303. The van der Waals surface area contributed by atoms with E-state index in [-0.39, 0.29) is 12.8 Å². The highest BCUT2D eigenvalue weighted by molar-refractivity contribution is 5.80. The van der Waals surface area contributed by atoms with E-state index < -0.39 is 74.2 Å². The van der Waals surface area contributed by atoms with Crippen molar-refractivity contribution in [2.75, 3.05) is 13.2 Å². The third kappa shape index (κ3) is 23.4. The first-order valence-electron chi connectivity index (χ1n) is 21.4. The van der Waals surface area contributed by atoms with Crippen molar-refractivity contribution in [3.63, 3.8) is 0 Å². The second kappa shape index (κ2) is 33.5. The minimum atomic E-state index is -1.67. The summed E-state index contributed by atoms with van der Waals surface area (Å²) in [5, 5.41) is 75.4. The molecule has 1 heterocycles. The van der Waals surface area contributed by atoms with Crippen molar-refractivity contribution < 1.29 is 50.0 Å². The lowest BCUT2D eigenvalue weighted by atomic mass is 9.98. The molecule has 1 fully saturated rings. The van der Waals surface area contributed by atoms with E-state index in [1.807, 2.05) is 6.08 Å². The maximum absolute atomic E-state index is 13.0. The molecule has 316 valence electrons. The number of aliphatic hydroxyl groups excluding tert-OH is 7. The van der Waals surface area contributed by atoms with Gasteiger partial charge >= 0.3 is 0 Å². The average Bonchev–Trinajstić information content (AvgIpc) is 3.17. The van der Waals surface area contributed by atoms with Crippen LogP contribution < -0.4 is 5.32 Å². The molecule has 0 aromatic heterocycles. The lowest BCUT2D eigenvalue weighted by Crippen LogP contribution is -2.60. The summed E-state index contributed by atoms with van der Waals surface area (Å²) in [6.45, 7) is 3.28. The van der Waals surface area contributed by atoms with Gasteiger partial charge in [0.15, 0.2) is 6.29 Å². The molecule has 0 spiro atoms. The van der Waals surface area contributed by atoms with E-state index in [0.29, 0.717) is 19.3 Å². The van der Waals surface area contributed by atoms with Crippen LogP contribution in [0.1, 0.15) is 162 Å². The van der Waals surface area contributed by atoms with Crippen molar-refractivity contribution >= 4 is 5.91 Å². The van der Waals surface area contributed by atoms with Crippen molar-refractivity contribution in [1.82, 2.24) is 5.32 Å². The molecule has 9 unspecified atom stereocenters. The van der Waals surface area contributed by atoms with Gasteiger partial charge in [-0.1, -0.05) is 140 Å². The van der Waals surface area contributed by atoms with Gasteiger partial charge in [-0.2, -0.15) is 0 Å². The summed E-state index contributed by atoms with van der Waals surface area (Å²) < 4.78 is 11.0. The second-order valence-electron chi connectivity index (χ2n) is 15.0. The number of hydrogen-bond acceptors (Lipinski definition) is 10. The highest BCUT2D eigenvalue weighted by Crippen LogP contribution is 2.23. The SMILES string of the molecule is CC/C=C/CC/C=C/CC/C=C/CCCC(O)C(O)C(COC1OC(CO)C(O)C(O)C1O)NC(=O)C(O)CCCCCCCCCCCCCCCC. The minimum Gasteiger partial charge on any atom is -0.394 e. The molecule has 8 N–H and O–H groups in total. The van der Waals surface area contributed by atoms with Gasteiger partial charge in [0.2, 0.25) is 5.91 Å². The first-order valence-corrected chi connectivity index (χ1v) is 21.4. The lowest BCUT2D eigenvalue weighted by Gasteiger charge is -2.40. The molecule has 54 heavy (non-hydrogen) atoms. The summed E-state index contributed by atoms with van der Waals surface area (Å²) >= 11 is 0. The Hall–Kier alpha value is -1.67. The molecule has 0 aromatic carbocycles. The van der Waals surface area contributed by atoms with Crippen LogP contribution in [0.25, 0.3) is 0 Å². The number of hydrogen-bond donors (Lipinski definition) is 8. The molecule has 0 bridgehead atoms.